The van der Waals surface area contributed by atoms with E-state index in [9.17, 15) is 4.79 Å². The van der Waals surface area contributed by atoms with E-state index in [0.717, 1.165) is 18.4 Å². The second-order valence-electron chi connectivity index (χ2n) is 5.88. The number of hydrogen-bond acceptors (Lipinski definition) is 4. The van der Waals surface area contributed by atoms with Gasteiger partial charge < -0.3 is 14.2 Å². The molecule has 1 aliphatic carbocycles. The van der Waals surface area contributed by atoms with Crippen LogP contribution in [0.3, 0.4) is 0 Å². The molecule has 110 valence electrons. The number of benzene rings is 1. The highest BCUT2D eigenvalue weighted by Crippen LogP contribution is 2.36. The molecule has 0 bridgehead atoms. The van der Waals surface area contributed by atoms with Gasteiger partial charge in [0.25, 0.3) is 0 Å². The third-order valence-corrected chi connectivity index (χ3v) is 3.57. The third kappa shape index (κ3) is 3.31. The van der Waals surface area contributed by atoms with E-state index in [4.69, 9.17) is 14.2 Å². The molecule has 1 aliphatic rings. The first kappa shape index (κ1) is 14.9. The largest absolute Gasteiger partial charge is 0.493 e. The molecule has 4 heteroatoms. The van der Waals surface area contributed by atoms with Crippen molar-refractivity contribution in [2.45, 2.75) is 32.1 Å². The monoisotopic (exact) mass is 278 g/mol. The van der Waals surface area contributed by atoms with Gasteiger partial charge in [0.1, 0.15) is 0 Å². The third-order valence-electron chi connectivity index (χ3n) is 3.57. The van der Waals surface area contributed by atoms with Crippen molar-refractivity contribution in [3.05, 3.63) is 23.8 Å². The van der Waals surface area contributed by atoms with Crippen LogP contribution < -0.4 is 9.47 Å². The van der Waals surface area contributed by atoms with Crippen molar-refractivity contribution >= 4 is 5.97 Å². The lowest BCUT2D eigenvalue weighted by atomic mass is 9.85. The molecule has 0 radical (unpaired) electrons. The zero-order chi connectivity index (χ0) is 14.8. The van der Waals surface area contributed by atoms with Crippen LogP contribution in [0.2, 0.25) is 0 Å². The van der Waals surface area contributed by atoms with E-state index in [1.165, 1.54) is 0 Å². The minimum atomic E-state index is -0.162. The zero-order valence-electron chi connectivity index (χ0n) is 12.6. The van der Waals surface area contributed by atoms with Crippen LogP contribution in [0.4, 0.5) is 0 Å². The molecule has 0 heterocycles. The smallest absolute Gasteiger partial charge is 0.314 e. The maximum atomic E-state index is 11.8. The molecule has 0 N–H and O–H groups in total. The van der Waals surface area contributed by atoms with Crippen molar-refractivity contribution in [1.29, 1.82) is 0 Å². The summed E-state index contributed by atoms with van der Waals surface area (Å²) in [6.45, 7) is 4.77. The van der Waals surface area contributed by atoms with Crippen LogP contribution in [-0.2, 0) is 14.9 Å². The average molecular weight is 278 g/mol. The van der Waals surface area contributed by atoms with Crippen molar-refractivity contribution in [2.24, 2.45) is 5.92 Å². The molecule has 1 aromatic carbocycles. The minimum absolute atomic E-state index is 0.0651. The fourth-order valence-electron chi connectivity index (χ4n) is 2.13. The SMILES string of the molecule is COCC(C)(C)c1ccc(OC)c(OC(=O)C2CC2)c1. The molecule has 0 saturated heterocycles. The van der Waals surface area contributed by atoms with Gasteiger partial charge in [0.15, 0.2) is 11.5 Å². The molecule has 0 spiro atoms. The quantitative estimate of drug-likeness (QED) is 0.593. The first-order chi connectivity index (χ1) is 9.47. The molecule has 1 saturated carbocycles. The van der Waals surface area contributed by atoms with Crippen molar-refractivity contribution in [3.8, 4) is 11.5 Å². The second-order valence-corrected chi connectivity index (χ2v) is 5.88. The summed E-state index contributed by atoms with van der Waals surface area (Å²) in [5.41, 5.74) is 0.903. The van der Waals surface area contributed by atoms with Crippen molar-refractivity contribution in [3.63, 3.8) is 0 Å². The Bertz CT molecular complexity index is 489. The van der Waals surface area contributed by atoms with Crippen molar-refractivity contribution < 1.29 is 19.0 Å². The van der Waals surface area contributed by atoms with E-state index in [2.05, 4.69) is 13.8 Å². The lowest BCUT2D eigenvalue weighted by Gasteiger charge is -2.25. The van der Waals surface area contributed by atoms with Crippen LogP contribution in [0.25, 0.3) is 0 Å². The van der Waals surface area contributed by atoms with Crippen molar-refractivity contribution in [2.75, 3.05) is 20.8 Å². The van der Waals surface area contributed by atoms with Crippen LogP contribution in [0.5, 0.6) is 11.5 Å². The Balaban J connectivity index is 2.25. The summed E-state index contributed by atoms with van der Waals surface area (Å²) < 4.78 is 16.0. The lowest BCUT2D eigenvalue weighted by Crippen LogP contribution is -2.23. The number of methoxy groups -OCH3 is 2. The van der Waals surface area contributed by atoms with Gasteiger partial charge >= 0.3 is 5.97 Å². The summed E-state index contributed by atoms with van der Waals surface area (Å²) in [5.74, 6) is 0.974. The molecule has 0 amide bonds. The highest BCUT2D eigenvalue weighted by atomic mass is 16.6. The molecular weight excluding hydrogens is 256 g/mol. The number of rotatable bonds is 6. The van der Waals surface area contributed by atoms with Crippen LogP contribution in [-0.4, -0.2) is 26.8 Å². The van der Waals surface area contributed by atoms with Gasteiger partial charge in [-0.15, -0.1) is 0 Å². The standard InChI is InChI=1S/C16H22O4/c1-16(2,10-18-3)12-7-8-13(19-4)14(9-12)20-15(17)11-5-6-11/h7-9,11H,5-6,10H2,1-4H3. The van der Waals surface area contributed by atoms with Gasteiger partial charge in [0.05, 0.1) is 19.6 Å². The maximum absolute atomic E-state index is 11.8. The zero-order valence-corrected chi connectivity index (χ0v) is 12.6. The van der Waals surface area contributed by atoms with Gasteiger partial charge in [-0.3, -0.25) is 4.79 Å². The minimum Gasteiger partial charge on any atom is -0.493 e. The topological polar surface area (TPSA) is 44.8 Å². The molecule has 0 aromatic heterocycles. The van der Waals surface area contributed by atoms with Gasteiger partial charge in [0.2, 0.25) is 0 Å². The summed E-state index contributed by atoms with van der Waals surface area (Å²) in [7, 11) is 3.25. The van der Waals surface area contributed by atoms with Gasteiger partial charge in [-0.1, -0.05) is 19.9 Å². The van der Waals surface area contributed by atoms with Crippen LogP contribution in [0, 0.1) is 5.92 Å². The summed E-state index contributed by atoms with van der Waals surface area (Å²) in [6.07, 6.45) is 1.85. The second kappa shape index (κ2) is 5.83. The van der Waals surface area contributed by atoms with Crippen LogP contribution >= 0.6 is 0 Å². The summed E-state index contributed by atoms with van der Waals surface area (Å²) in [6, 6.07) is 5.69. The van der Waals surface area contributed by atoms with Gasteiger partial charge in [-0.25, -0.2) is 0 Å². The summed E-state index contributed by atoms with van der Waals surface area (Å²) in [5, 5.41) is 0. The normalized spacial score (nSPS) is 15.0. The molecule has 2 rings (SSSR count). The highest BCUT2D eigenvalue weighted by molar-refractivity contribution is 5.78. The predicted molar refractivity (Wildman–Crippen MR) is 76.3 cm³/mol. The van der Waals surface area contributed by atoms with E-state index < -0.39 is 0 Å². The number of carbonyl (C=O) groups excluding carboxylic acids is 1. The molecule has 20 heavy (non-hydrogen) atoms. The van der Waals surface area contributed by atoms with Crippen LogP contribution in [0.1, 0.15) is 32.3 Å². The molecule has 0 unspecified atom stereocenters. The Hall–Kier alpha value is -1.55. The number of hydrogen-bond donors (Lipinski definition) is 0. The average Bonchev–Trinajstić information content (AvgIpc) is 3.22. The molecule has 4 nitrogen and oxygen atoms in total. The summed E-state index contributed by atoms with van der Waals surface area (Å²) in [4.78, 5) is 11.8. The Morgan fingerprint density at radius 2 is 1.95 bits per heavy atom. The first-order valence-corrected chi connectivity index (χ1v) is 6.87. The molecule has 0 aliphatic heterocycles. The number of carbonyl (C=O) groups is 1. The predicted octanol–water partition coefficient (Wildman–Crippen LogP) is 2.93. The first-order valence-electron chi connectivity index (χ1n) is 6.87. The Morgan fingerprint density at radius 1 is 1.25 bits per heavy atom. The van der Waals surface area contributed by atoms with E-state index in [-0.39, 0.29) is 17.3 Å². The van der Waals surface area contributed by atoms with Crippen LogP contribution in [0.15, 0.2) is 18.2 Å². The lowest BCUT2D eigenvalue weighted by molar-refractivity contribution is -0.135. The molecule has 1 aromatic rings. The molecule has 1 fully saturated rings. The molecule has 0 atom stereocenters. The fraction of sp³-hybridized carbons (Fsp3) is 0.562. The number of ether oxygens (including phenoxy) is 3. The van der Waals surface area contributed by atoms with E-state index >= 15 is 0 Å². The Kier molecular flexibility index (Phi) is 4.33. The molecular formula is C16H22O4. The van der Waals surface area contributed by atoms with E-state index in [0.29, 0.717) is 18.1 Å². The number of esters is 1. The van der Waals surface area contributed by atoms with Gasteiger partial charge in [-0.2, -0.15) is 0 Å². The Labute approximate surface area is 120 Å². The summed E-state index contributed by atoms with van der Waals surface area (Å²) >= 11 is 0. The van der Waals surface area contributed by atoms with Crippen molar-refractivity contribution in [1.82, 2.24) is 0 Å². The Morgan fingerprint density at radius 3 is 2.50 bits per heavy atom. The van der Waals surface area contributed by atoms with Gasteiger partial charge in [0, 0.05) is 12.5 Å². The van der Waals surface area contributed by atoms with E-state index in [1.54, 1.807) is 14.2 Å². The van der Waals surface area contributed by atoms with E-state index in [1.807, 2.05) is 18.2 Å². The fourth-order valence-corrected chi connectivity index (χ4v) is 2.13. The highest BCUT2D eigenvalue weighted by Gasteiger charge is 2.32. The van der Waals surface area contributed by atoms with Gasteiger partial charge in [-0.05, 0) is 30.5 Å². The maximum Gasteiger partial charge on any atom is 0.314 e.